The van der Waals surface area contributed by atoms with Crippen molar-refractivity contribution in [2.24, 2.45) is 10.2 Å². The van der Waals surface area contributed by atoms with Crippen molar-refractivity contribution in [3.05, 3.63) is 90.0 Å². The van der Waals surface area contributed by atoms with E-state index < -0.39 is 8.56 Å². The van der Waals surface area contributed by atoms with E-state index in [1.807, 2.05) is 78.9 Å². The van der Waals surface area contributed by atoms with Crippen LogP contribution in [0.5, 0.6) is 5.75 Å². The van der Waals surface area contributed by atoms with Crippen molar-refractivity contribution >= 4 is 19.9 Å². The molecule has 0 fully saturated rings. The Hall–Kier alpha value is -2.80. The van der Waals surface area contributed by atoms with Crippen LogP contribution in [-0.4, -0.2) is 18.2 Å². The third kappa shape index (κ3) is 6.73. The summed E-state index contributed by atoms with van der Waals surface area (Å²) in [5.74, 6) is 0.769. The Balaban J connectivity index is 1.50. The van der Waals surface area contributed by atoms with E-state index in [-0.39, 0.29) is 0 Å². The number of nitrogens with zero attached hydrogens (tertiary/aromatic N) is 2. The number of hydrogen-bond acceptors (Lipinski definition) is 5. The summed E-state index contributed by atoms with van der Waals surface area (Å²) in [6.07, 6.45) is 0.676. The predicted molar refractivity (Wildman–Crippen MR) is 112 cm³/mol. The quantitative estimate of drug-likeness (QED) is 0.404. The predicted octanol–water partition coefficient (Wildman–Crippen LogP) is 5.28. The minimum absolute atomic E-state index is 0.441. The van der Waals surface area contributed by atoms with E-state index in [1.54, 1.807) is 0 Å². The molecule has 0 aliphatic heterocycles. The van der Waals surface area contributed by atoms with Crippen LogP contribution in [0.4, 0.5) is 11.4 Å². The largest absolute Gasteiger partial charge is 0.489 e. The summed E-state index contributed by atoms with van der Waals surface area (Å²) in [5.41, 5.74) is 3.74. The van der Waals surface area contributed by atoms with Crippen LogP contribution in [0.3, 0.4) is 0 Å². The Labute approximate surface area is 166 Å². The lowest BCUT2D eigenvalue weighted by Gasteiger charge is -2.11. The highest BCUT2D eigenvalue weighted by molar-refractivity contribution is 6.63. The zero-order chi connectivity index (χ0) is 19.8. The van der Waals surface area contributed by atoms with Gasteiger partial charge < -0.3 is 14.3 Å². The Bertz CT molecular complexity index is 890. The highest BCUT2D eigenvalue weighted by Crippen LogP contribution is 2.22. The SMILES string of the molecule is C[Si](O)(O)CCc1ccc(COc2ccc(N=Nc3ccccc3)cc2)cc1. The molecule has 0 atom stereocenters. The van der Waals surface area contributed by atoms with Gasteiger partial charge >= 0.3 is 8.56 Å². The van der Waals surface area contributed by atoms with E-state index in [0.717, 1.165) is 28.3 Å². The summed E-state index contributed by atoms with van der Waals surface area (Å²) >= 11 is 0. The average molecular weight is 393 g/mol. The minimum Gasteiger partial charge on any atom is -0.489 e. The van der Waals surface area contributed by atoms with Crippen molar-refractivity contribution in [1.29, 1.82) is 0 Å². The summed E-state index contributed by atoms with van der Waals surface area (Å²) in [7, 11) is -2.98. The molecule has 144 valence electrons. The van der Waals surface area contributed by atoms with Crippen LogP contribution >= 0.6 is 0 Å². The van der Waals surface area contributed by atoms with Crippen LogP contribution in [0.1, 0.15) is 11.1 Å². The highest BCUT2D eigenvalue weighted by Gasteiger charge is 2.20. The summed E-state index contributed by atoms with van der Waals surface area (Å²) in [6.45, 7) is 2.00. The maximum Gasteiger partial charge on any atom is 0.329 e. The van der Waals surface area contributed by atoms with Gasteiger partial charge in [-0.05, 0) is 66.5 Å². The molecule has 0 saturated carbocycles. The number of ether oxygens (including phenoxy) is 1. The molecule has 0 spiro atoms. The number of azo groups is 1. The van der Waals surface area contributed by atoms with Gasteiger partial charge in [0.15, 0.2) is 0 Å². The summed E-state index contributed by atoms with van der Waals surface area (Å²) in [5, 5.41) is 8.41. The Morgan fingerprint density at radius 2 is 1.32 bits per heavy atom. The first kappa shape index (κ1) is 19.9. The highest BCUT2D eigenvalue weighted by atomic mass is 28.4. The molecule has 6 heteroatoms. The van der Waals surface area contributed by atoms with Gasteiger partial charge in [-0.25, -0.2) is 0 Å². The molecule has 0 saturated heterocycles. The van der Waals surface area contributed by atoms with Gasteiger partial charge in [-0.15, -0.1) is 0 Å². The fourth-order valence-corrected chi connectivity index (χ4v) is 3.33. The van der Waals surface area contributed by atoms with Gasteiger partial charge in [0.25, 0.3) is 0 Å². The molecule has 0 aromatic heterocycles. The average Bonchev–Trinajstić information content (AvgIpc) is 2.71. The lowest BCUT2D eigenvalue weighted by atomic mass is 10.1. The van der Waals surface area contributed by atoms with Crippen molar-refractivity contribution < 1.29 is 14.3 Å². The van der Waals surface area contributed by atoms with Gasteiger partial charge in [-0.1, -0.05) is 42.5 Å². The topological polar surface area (TPSA) is 74.4 Å². The van der Waals surface area contributed by atoms with E-state index in [4.69, 9.17) is 4.74 Å². The molecular weight excluding hydrogens is 368 g/mol. The Morgan fingerprint density at radius 3 is 1.93 bits per heavy atom. The van der Waals surface area contributed by atoms with Crippen molar-refractivity contribution in [2.75, 3.05) is 0 Å². The minimum atomic E-state index is -2.98. The van der Waals surface area contributed by atoms with E-state index in [9.17, 15) is 9.59 Å². The second-order valence-corrected chi connectivity index (χ2v) is 9.79. The molecular formula is C22H24N2O3Si. The van der Waals surface area contributed by atoms with Crippen LogP contribution in [0, 0.1) is 0 Å². The molecule has 0 amide bonds. The summed E-state index contributed by atoms with van der Waals surface area (Å²) in [4.78, 5) is 19.0. The third-order valence-corrected chi connectivity index (χ3v) is 5.39. The lowest BCUT2D eigenvalue weighted by molar-refractivity contribution is 0.306. The molecule has 0 bridgehead atoms. The molecule has 3 rings (SSSR count). The number of benzene rings is 3. The van der Waals surface area contributed by atoms with Crippen molar-refractivity contribution in [3.63, 3.8) is 0 Å². The first-order chi connectivity index (χ1) is 13.5. The molecule has 0 unspecified atom stereocenters. The fraction of sp³-hybridized carbons (Fsp3) is 0.182. The lowest BCUT2D eigenvalue weighted by Crippen LogP contribution is -2.30. The van der Waals surface area contributed by atoms with Crippen LogP contribution in [0.15, 0.2) is 89.1 Å². The van der Waals surface area contributed by atoms with E-state index in [0.29, 0.717) is 19.1 Å². The zero-order valence-electron chi connectivity index (χ0n) is 15.8. The smallest absolute Gasteiger partial charge is 0.329 e. The molecule has 2 N–H and O–H groups in total. The number of aryl methyl sites for hydroxylation is 1. The van der Waals surface area contributed by atoms with Crippen LogP contribution in [-0.2, 0) is 13.0 Å². The van der Waals surface area contributed by atoms with Gasteiger partial charge in [0.1, 0.15) is 12.4 Å². The third-order valence-electron chi connectivity index (χ3n) is 4.19. The van der Waals surface area contributed by atoms with Crippen molar-refractivity contribution in [2.45, 2.75) is 25.6 Å². The molecule has 3 aromatic carbocycles. The van der Waals surface area contributed by atoms with E-state index in [1.165, 1.54) is 6.55 Å². The van der Waals surface area contributed by atoms with Gasteiger partial charge in [-0.3, -0.25) is 0 Å². The normalized spacial score (nSPS) is 11.7. The first-order valence-corrected chi connectivity index (χ1v) is 11.8. The van der Waals surface area contributed by atoms with Crippen molar-refractivity contribution in [3.8, 4) is 5.75 Å². The van der Waals surface area contributed by atoms with Crippen LogP contribution in [0.25, 0.3) is 0 Å². The van der Waals surface area contributed by atoms with Gasteiger partial charge in [0.2, 0.25) is 0 Å². The Kier molecular flexibility index (Phi) is 6.70. The molecule has 0 radical (unpaired) electrons. The number of hydrogen-bond donors (Lipinski definition) is 2. The summed E-state index contributed by atoms with van der Waals surface area (Å²) < 4.78 is 5.82. The second kappa shape index (κ2) is 9.41. The molecule has 0 heterocycles. The van der Waals surface area contributed by atoms with E-state index in [2.05, 4.69) is 10.2 Å². The van der Waals surface area contributed by atoms with E-state index >= 15 is 0 Å². The van der Waals surface area contributed by atoms with Crippen LogP contribution in [0.2, 0.25) is 12.6 Å². The first-order valence-electron chi connectivity index (χ1n) is 9.20. The maximum absolute atomic E-state index is 9.52. The summed E-state index contributed by atoms with van der Waals surface area (Å²) in [6, 6.07) is 25.6. The second-order valence-electron chi connectivity index (χ2n) is 6.85. The maximum atomic E-state index is 9.52. The fourth-order valence-electron chi connectivity index (χ4n) is 2.57. The van der Waals surface area contributed by atoms with Gasteiger partial charge in [-0.2, -0.15) is 10.2 Å². The molecule has 0 aliphatic rings. The number of rotatable bonds is 8. The van der Waals surface area contributed by atoms with Crippen LogP contribution < -0.4 is 4.74 Å². The zero-order valence-corrected chi connectivity index (χ0v) is 16.8. The van der Waals surface area contributed by atoms with Crippen molar-refractivity contribution in [1.82, 2.24) is 0 Å². The molecule has 0 aliphatic carbocycles. The molecule has 3 aromatic rings. The monoisotopic (exact) mass is 392 g/mol. The molecule has 5 nitrogen and oxygen atoms in total. The van der Waals surface area contributed by atoms with Gasteiger partial charge in [0.05, 0.1) is 11.4 Å². The standard InChI is InChI=1S/C22H24N2O3Si/c1-28(25,26)16-15-18-7-9-19(10-8-18)17-27-22-13-11-21(12-14-22)24-23-20-5-3-2-4-6-20/h2-14,25-26H,15-17H2,1H3. The molecule has 28 heavy (non-hydrogen) atoms. The van der Waals surface area contributed by atoms with Gasteiger partial charge in [0, 0.05) is 0 Å². The Morgan fingerprint density at radius 1 is 0.750 bits per heavy atom.